The van der Waals surface area contributed by atoms with Crippen molar-refractivity contribution in [1.29, 1.82) is 0 Å². The minimum atomic E-state index is -0.731. The maximum Gasteiger partial charge on any atom is 0.270 e. The van der Waals surface area contributed by atoms with E-state index in [1.165, 1.54) is 12.1 Å². The third-order valence-electron chi connectivity index (χ3n) is 3.09. The predicted molar refractivity (Wildman–Crippen MR) is 79.8 cm³/mol. The molecular weight excluding hydrogens is 347 g/mol. The molecule has 0 saturated carbocycles. The largest absolute Gasteiger partial charge is 0.388 e. The molecule has 0 aliphatic heterocycles. The molecule has 1 rings (SSSR count). The van der Waals surface area contributed by atoms with E-state index in [9.17, 15) is 15.2 Å². The third kappa shape index (κ3) is 3.81. The Kier molecular flexibility index (Phi) is 5.33. The monoisotopic (exact) mass is 364 g/mol. The average Bonchev–Trinajstić information content (AvgIpc) is 2.36. The van der Waals surface area contributed by atoms with Crippen molar-refractivity contribution in [3.63, 3.8) is 0 Å². The number of nitrogens with zero attached hydrogens (tertiary/aromatic N) is 1. The second-order valence-electron chi connectivity index (χ2n) is 4.21. The fraction of sp³-hybridized carbons (Fsp3) is 0.500. The van der Waals surface area contributed by atoms with Crippen molar-refractivity contribution >= 4 is 34.0 Å². The molecule has 0 heterocycles. The molecule has 2 N–H and O–H groups in total. The molecule has 1 aromatic carbocycles. The van der Waals surface area contributed by atoms with Crippen molar-refractivity contribution in [2.75, 3.05) is 11.9 Å². The Hall–Kier alpha value is -0.890. The summed E-state index contributed by atoms with van der Waals surface area (Å²) in [5, 5.41) is 23.9. The highest BCUT2D eigenvalue weighted by molar-refractivity contribution is 14.1. The summed E-state index contributed by atoms with van der Waals surface area (Å²) in [5.74, 6) is 0. The van der Waals surface area contributed by atoms with E-state index >= 15 is 0 Å². The Morgan fingerprint density at radius 3 is 2.50 bits per heavy atom. The summed E-state index contributed by atoms with van der Waals surface area (Å²) in [6.07, 6.45) is 1.33. The van der Waals surface area contributed by atoms with Gasteiger partial charge in [0.25, 0.3) is 5.69 Å². The number of nitro groups is 1. The molecule has 0 radical (unpaired) electrons. The lowest BCUT2D eigenvalue weighted by molar-refractivity contribution is -0.384. The first-order valence-corrected chi connectivity index (χ1v) is 6.90. The normalized spacial score (nSPS) is 11.3. The van der Waals surface area contributed by atoms with Gasteiger partial charge in [-0.05, 0) is 41.5 Å². The smallest absolute Gasteiger partial charge is 0.270 e. The number of hydrogen-bond acceptors (Lipinski definition) is 4. The first kappa shape index (κ1) is 15.2. The second kappa shape index (κ2) is 6.33. The van der Waals surface area contributed by atoms with Crippen molar-refractivity contribution < 1.29 is 10.0 Å². The van der Waals surface area contributed by atoms with Gasteiger partial charge in [-0.1, -0.05) is 13.8 Å². The Bertz CT molecular complexity index is 433. The van der Waals surface area contributed by atoms with Gasteiger partial charge in [0.15, 0.2) is 0 Å². The van der Waals surface area contributed by atoms with E-state index in [-0.39, 0.29) is 5.69 Å². The van der Waals surface area contributed by atoms with Gasteiger partial charge in [-0.15, -0.1) is 0 Å². The van der Waals surface area contributed by atoms with Crippen molar-refractivity contribution in [2.24, 2.45) is 0 Å². The lowest BCUT2D eigenvalue weighted by Gasteiger charge is -2.26. The Balaban J connectivity index is 2.77. The minimum absolute atomic E-state index is 0.0752. The molecule has 0 aromatic heterocycles. The molecule has 0 aliphatic carbocycles. The standard InChI is InChI=1S/C12H17IN2O3/c1-3-12(16,4-2)8-14-11-6-5-9(15(17)18)7-10(11)13/h5-7,14,16H,3-4,8H2,1-2H3. The molecule has 100 valence electrons. The number of aliphatic hydroxyl groups is 1. The predicted octanol–water partition coefficient (Wildman–Crippen LogP) is 3.16. The molecule has 1 aromatic rings. The van der Waals surface area contributed by atoms with Crippen molar-refractivity contribution in [1.82, 2.24) is 0 Å². The Morgan fingerprint density at radius 1 is 1.44 bits per heavy atom. The quantitative estimate of drug-likeness (QED) is 0.462. The number of anilines is 1. The van der Waals surface area contributed by atoms with Gasteiger partial charge in [0, 0.05) is 27.9 Å². The lowest BCUT2D eigenvalue weighted by atomic mass is 9.97. The van der Waals surface area contributed by atoms with Gasteiger partial charge in [0.2, 0.25) is 0 Å². The summed E-state index contributed by atoms with van der Waals surface area (Å²) in [6, 6.07) is 4.65. The molecule has 0 amide bonds. The average molecular weight is 364 g/mol. The number of nitrogens with one attached hydrogen (secondary N) is 1. The van der Waals surface area contributed by atoms with Gasteiger partial charge in [-0.25, -0.2) is 0 Å². The van der Waals surface area contributed by atoms with Crippen LogP contribution in [0.5, 0.6) is 0 Å². The highest BCUT2D eigenvalue weighted by atomic mass is 127. The van der Waals surface area contributed by atoms with E-state index in [1.807, 2.05) is 36.4 Å². The number of benzene rings is 1. The van der Waals surface area contributed by atoms with E-state index in [4.69, 9.17) is 0 Å². The molecule has 6 heteroatoms. The second-order valence-corrected chi connectivity index (χ2v) is 5.37. The molecule has 0 saturated heterocycles. The van der Waals surface area contributed by atoms with Crippen molar-refractivity contribution in [2.45, 2.75) is 32.3 Å². The van der Waals surface area contributed by atoms with Crippen molar-refractivity contribution in [3.05, 3.63) is 31.9 Å². The van der Waals surface area contributed by atoms with Crippen LogP contribution in [0.15, 0.2) is 18.2 Å². The molecule has 0 unspecified atom stereocenters. The number of rotatable bonds is 6. The van der Waals surface area contributed by atoms with Gasteiger partial charge in [0.1, 0.15) is 0 Å². The van der Waals surface area contributed by atoms with E-state index in [0.29, 0.717) is 19.4 Å². The lowest BCUT2D eigenvalue weighted by Crippen LogP contribution is -2.35. The van der Waals surface area contributed by atoms with E-state index in [0.717, 1.165) is 9.26 Å². The molecule has 18 heavy (non-hydrogen) atoms. The molecule has 0 aliphatic rings. The highest BCUT2D eigenvalue weighted by Crippen LogP contribution is 2.25. The zero-order valence-corrected chi connectivity index (χ0v) is 12.6. The van der Waals surface area contributed by atoms with Crippen LogP contribution in [0.25, 0.3) is 0 Å². The van der Waals surface area contributed by atoms with Gasteiger partial charge >= 0.3 is 0 Å². The summed E-state index contributed by atoms with van der Waals surface area (Å²) in [4.78, 5) is 10.2. The van der Waals surface area contributed by atoms with Crippen LogP contribution in [0.1, 0.15) is 26.7 Å². The van der Waals surface area contributed by atoms with E-state index in [1.54, 1.807) is 6.07 Å². The third-order valence-corrected chi connectivity index (χ3v) is 3.98. The fourth-order valence-electron chi connectivity index (χ4n) is 1.52. The molecule has 5 nitrogen and oxygen atoms in total. The Morgan fingerprint density at radius 2 is 2.06 bits per heavy atom. The zero-order chi connectivity index (χ0) is 13.8. The molecule has 0 bridgehead atoms. The van der Waals surface area contributed by atoms with E-state index in [2.05, 4.69) is 5.32 Å². The minimum Gasteiger partial charge on any atom is -0.388 e. The van der Waals surface area contributed by atoms with Crippen LogP contribution in [-0.2, 0) is 0 Å². The van der Waals surface area contributed by atoms with Crippen LogP contribution < -0.4 is 5.32 Å². The number of hydrogen-bond donors (Lipinski definition) is 2. The van der Waals surface area contributed by atoms with Gasteiger partial charge in [0.05, 0.1) is 10.5 Å². The maximum atomic E-state index is 10.6. The van der Waals surface area contributed by atoms with E-state index < -0.39 is 10.5 Å². The molecule has 0 fully saturated rings. The Labute approximate surface area is 120 Å². The summed E-state index contributed by atoms with van der Waals surface area (Å²) < 4.78 is 0.774. The molecular formula is C12H17IN2O3. The van der Waals surface area contributed by atoms with Crippen LogP contribution in [0.4, 0.5) is 11.4 Å². The van der Waals surface area contributed by atoms with Gasteiger partial charge in [-0.2, -0.15) is 0 Å². The maximum absolute atomic E-state index is 10.6. The van der Waals surface area contributed by atoms with Gasteiger partial charge in [-0.3, -0.25) is 10.1 Å². The van der Waals surface area contributed by atoms with Crippen molar-refractivity contribution in [3.8, 4) is 0 Å². The molecule has 0 atom stereocenters. The zero-order valence-electron chi connectivity index (χ0n) is 10.4. The summed E-state index contributed by atoms with van der Waals surface area (Å²) in [6.45, 7) is 4.31. The summed E-state index contributed by atoms with van der Waals surface area (Å²) >= 11 is 2.05. The summed E-state index contributed by atoms with van der Waals surface area (Å²) in [5.41, 5.74) is 0.151. The van der Waals surface area contributed by atoms with Crippen LogP contribution in [-0.4, -0.2) is 22.2 Å². The highest BCUT2D eigenvalue weighted by Gasteiger charge is 2.22. The molecule has 0 spiro atoms. The fourth-order valence-corrected chi connectivity index (χ4v) is 2.21. The topological polar surface area (TPSA) is 75.4 Å². The van der Waals surface area contributed by atoms with Crippen LogP contribution in [0.3, 0.4) is 0 Å². The van der Waals surface area contributed by atoms with Crippen LogP contribution in [0.2, 0.25) is 0 Å². The van der Waals surface area contributed by atoms with Gasteiger partial charge < -0.3 is 10.4 Å². The number of halogens is 1. The first-order chi connectivity index (χ1) is 8.41. The number of nitro benzene ring substituents is 1. The van der Waals surface area contributed by atoms with Crippen LogP contribution in [0, 0.1) is 13.7 Å². The SMILES string of the molecule is CCC(O)(CC)CNc1ccc([N+](=O)[O-])cc1I. The number of non-ortho nitro benzene ring substituents is 1. The first-order valence-electron chi connectivity index (χ1n) is 5.82. The van der Waals surface area contributed by atoms with Crippen LogP contribution >= 0.6 is 22.6 Å². The summed E-state index contributed by atoms with van der Waals surface area (Å²) in [7, 11) is 0.